The second kappa shape index (κ2) is 7.99. The SMILES string of the molecule is CC1(C)CC[C@@]23CC[C@]4(C)[C@](OC2=O)([C@@H]3C1)[C@@H](O)C[C@@H]1[C@@]2(C)CC[C@H](C(=O)OC(F)(F)F)C(C)(C)[C@@H]2CC[C@]14C. The number of ether oxygens (including phenoxy) is 2. The number of hydrogen-bond donors (Lipinski definition) is 1. The van der Waals surface area contributed by atoms with Crippen LogP contribution >= 0.6 is 0 Å². The molecule has 0 unspecified atom stereocenters. The molecule has 0 aromatic rings. The molecule has 0 radical (unpaired) electrons. The Morgan fingerprint density at radius 2 is 1.55 bits per heavy atom. The van der Waals surface area contributed by atoms with Crippen molar-refractivity contribution in [2.75, 3.05) is 0 Å². The molecule has 8 heteroatoms. The molecular weight excluding hydrogens is 521 g/mol. The Hall–Kier alpha value is -1.31. The molecule has 226 valence electrons. The first-order chi connectivity index (χ1) is 18.2. The lowest BCUT2D eigenvalue weighted by Gasteiger charge is -2.74. The van der Waals surface area contributed by atoms with Crippen molar-refractivity contribution in [3.63, 3.8) is 0 Å². The van der Waals surface area contributed by atoms with E-state index in [-0.39, 0.29) is 40.0 Å². The minimum absolute atomic E-state index is 0.00452. The van der Waals surface area contributed by atoms with E-state index in [1.807, 2.05) is 13.8 Å². The van der Waals surface area contributed by atoms with Gasteiger partial charge in [-0.1, -0.05) is 48.5 Å². The smallest absolute Gasteiger partial charge is 0.455 e. The first-order valence-electron chi connectivity index (χ1n) is 15.4. The third-order valence-electron chi connectivity index (χ3n) is 14.6. The van der Waals surface area contributed by atoms with Crippen LogP contribution in [0.4, 0.5) is 13.2 Å². The third-order valence-corrected chi connectivity index (χ3v) is 14.6. The van der Waals surface area contributed by atoms with E-state index < -0.39 is 46.2 Å². The van der Waals surface area contributed by atoms with Crippen LogP contribution in [0.1, 0.15) is 113 Å². The predicted octanol–water partition coefficient (Wildman–Crippen LogP) is 7.20. The Labute approximate surface area is 236 Å². The summed E-state index contributed by atoms with van der Waals surface area (Å²) < 4.78 is 49.5. The number of aliphatic hydroxyl groups is 1. The van der Waals surface area contributed by atoms with E-state index in [1.165, 1.54) is 0 Å². The fraction of sp³-hybridized carbons (Fsp3) is 0.938. The number of rotatable bonds is 1. The van der Waals surface area contributed by atoms with E-state index in [0.29, 0.717) is 19.3 Å². The summed E-state index contributed by atoms with van der Waals surface area (Å²) in [5.74, 6) is -2.04. The van der Waals surface area contributed by atoms with E-state index in [4.69, 9.17) is 4.74 Å². The molecule has 40 heavy (non-hydrogen) atoms. The van der Waals surface area contributed by atoms with Crippen molar-refractivity contribution < 1.29 is 37.3 Å². The Morgan fingerprint density at radius 1 is 0.900 bits per heavy atom. The molecule has 1 heterocycles. The van der Waals surface area contributed by atoms with Gasteiger partial charge in [0, 0.05) is 11.3 Å². The summed E-state index contributed by atoms with van der Waals surface area (Å²) in [5.41, 5.74) is -2.98. The Morgan fingerprint density at radius 3 is 2.20 bits per heavy atom. The lowest BCUT2D eigenvalue weighted by Crippen LogP contribution is -2.76. The summed E-state index contributed by atoms with van der Waals surface area (Å²) >= 11 is 0. The van der Waals surface area contributed by atoms with Gasteiger partial charge < -0.3 is 14.6 Å². The summed E-state index contributed by atoms with van der Waals surface area (Å²) in [6.45, 7) is 15.3. The third kappa shape index (κ3) is 3.26. The van der Waals surface area contributed by atoms with Gasteiger partial charge in [-0.3, -0.25) is 9.59 Å². The number of hydrogen-bond acceptors (Lipinski definition) is 5. The van der Waals surface area contributed by atoms with Gasteiger partial charge in [0.15, 0.2) is 0 Å². The zero-order valence-electron chi connectivity index (χ0n) is 25.2. The second-order valence-electron chi connectivity index (χ2n) is 16.7. The summed E-state index contributed by atoms with van der Waals surface area (Å²) in [6.07, 6.45) is 1.54. The zero-order valence-corrected chi connectivity index (χ0v) is 25.2. The van der Waals surface area contributed by atoms with E-state index in [2.05, 4.69) is 39.4 Å². The Balaban J connectivity index is 1.39. The molecule has 1 saturated heterocycles. The van der Waals surface area contributed by atoms with Gasteiger partial charge >= 0.3 is 18.3 Å². The van der Waals surface area contributed by atoms with Crippen LogP contribution in [0, 0.1) is 56.2 Å². The predicted molar refractivity (Wildman–Crippen MR) is 141 cm³/mol. The maximum Gasteiger partial charge on any atom is 0.575 e. The molecule has 5 aliphatic carbocycles. The Kier molecular flexibility index (Phi) is 5.75. The van der Waals surface area contributed by atoms with E-state index in [9.17, 15) is 27.9 Å². The van der Waals surface area contributed by atoms with Crippen LogP contribution in [0.5, 0.6) is 0 Å². The molecule has 6 fully saturated rings. The molecule has 1 N–H and O–H groups in total. The number of alkyl halides is 3. The molecule has 6 aliphatic rings. The second-order valence-corrected chi connectivity index (χ2v) is 16.7. The first kappa shape index (κ1) is 28.8. The quantitative estimate of drug-likeness (QED) is 0.339. The number of fused-ring (bicyclic) bond motifs is 4. The van der Waals surface area contributed by atoms with Gasteiger partial charge in [0.2, 0.25) is 0 Å². The van der Waals surface area contributed by atoms with Gasteiger partial charge in [0.1, 0.15) is 5.60 Å². The van der Waals surface area contributed by atoms with Crippen LogP contribution in [-0.4, -0.2) is 35.1 Å². The van der Waals surface area contributed by atoms with Crippen LogP contribution in [0.3, 0.4) is 0 Å². The van der Waals surface area contributed by atoms with E-state index in [0.717, 1.165) is 44.9 Å². The van der Waals surface area contributed by atoms with Crippen molar-refractivity contribution in [1.82, 2.24) is 0 Å². The highest BCUT2D eigenvalue weighted by Gasteiger charge is 2.83. The van der Waals surface area contributed by atoms with Gasteiger partial charge in [-0.2, -0.15) is 0 Å². The monoisotopic (exact) mass is 568 g/mol. The van der Waals surface area contributed by atoms with Crippen LogP contribution in [0.15, 0.2) is 0 Å². The largest absolute Gasteiger partial charge is 0.575 e. The molecule has 10 atom stereocenters. The molecule has 0 aromatic carbocycles. The van der Waals surface area contributed by atoms with Crippen molar-refractivity contribution >= 4 is 11.9 Å². The molecule has 5 saturated carbocycles. The van der Waals surface area contributed by atoms with Crippen LogP contribution in [-0.2, 0) is 19.1 Å². The van der Waals surface area contributed by atoms with Crippen molar-refractivity contribution in [3.05, 3.63) is 0 Å². The lowest BCUT2D eigenvalue weighted by molar-refractivity contribution is -0.321. The molecule has 0 aromatic heterocycles. The first-order valence-corrected chi connectivity index (χ1v) is 15.4. The van der Waals surface area contributed by atoms with Gasteiger partial charge in [0.25, 0.3) is 0 Å². The fourth-order valence-corrected chi connectivity index (χ4v) is 12.4. The molecule has 2 bridgehead atoms. The van der Waals surface area contributed by atoms with E-state index >= 15 is 0 Å². The number of carbonyl (C=O) groups is 2. The van der Waals surface area contributed by atoms with Crippen molar-refractivity contribution in [2.45, 2.75) is 131 Å². The van der Waals surface area contributed by atoms with Gasteiger partial charge in [0.05, 0.1) is 17.4 Å². The van der Waals surface area contributed by atoms with Crippen LogP contribution in [0.2, 0.25) is 0 Å². The topological polar surface area (TPSA) is 72.8 Å². The van der Waals surface area contributed by atoms with Crippen LogP contribution in [0.25, 0.3) is 0 Å². The maximum absolute atomic E-state index is 13.7. The number of aliphatic hydroxyl groups excluding tert-OH is 1. The lowest BCUT2D eigenvalue weighted by atomic mass is 9.30. The summed E-state index contributed by atoms with van der Waals surface area (Å²) in [7, 11) is 0. The summed E-state index contributed by atoms with van der Waals surface area (Å²) in [6, 6.07) is 0. The standard InChI is InChI=1S/C32H47F3O5/c1-25(2)12-14-30-15-13-29(7)28(6)11-9-19-26(3,4)18(23(37)39-32(33,34)35)8-10-27(19,5)20(28)16-22(36)31(29,21(30)17-25)40-24(30)38/h18-22,36H,8-17H2,1-7H3/t18-,19+,20-,21-,22+,27+,28-,29+,30+,31+/m1/s1. The summed E-state index contributed by atoms with van der Waals surface area (Å²) in [5, 5.41) is 12.2. The molecular formula is C32H47F3O5. The summed E-state index contributed by atoms with van der Waals surface area (Å²) in [4.78, 5) is 26.5. The van der Waals surface area contributed by atoms with Crippen molar-refractivity contribution in [2.24, 2.45) is 56.2 Å². The van der Waals surface area contributed by atoms with Gasteiger partial charge in [-0.15, -0.1) is 13.2 Å². The molecule has 1 aliphatic heterocycles. The minimum atomic E-state index is -4.99. The van der Waals surface area contributed by atoms with Crippen molar-refractivity contribution in [1.29, 1.82) is 0 Å². The highest BCUT2D eigenvalue weighted by molar-refractivity contribution is 5.82. The fourth-order valence-electron chi connectivity index (χ4n) is 12.4. The molecule has 1 spiro atoms. The normalized spacial score (nSPS) is 52.4. The number of carbonyl (C=O) groups excluding carboxylic acids is 2. The van der Waals surface area contributed by atoms with Crippen molar-refractivity contribution in [3.8, 4) is 0 Å². The molecule has 6 rings (SSSR count). The number of halogens is 3. The highest BCUT2D eigenvalue weighted by atomic mass is 19.4. The minimum Gasteiger partial charge on any atom is -0.455 e. The molecule has 0 amide bonds. The highest BCUT2D eigenvalue weighted by Crippen LogP contribution is 2.81. The van der Waals surface area contributed by atoms with E-state index in [1.54, 1.807) is 0 Å². The molecule has 5 nitrogen and oxygen atoms in total. The Bertz CT molecular complexity index is 1130. The van der Waals surface area contributed by atoms with Crippen LogP contribution < -0.4 is 0 Å². The maximum atomic E-state index is 13.7. The average molecular weight is 569 g/mol. The number of esters is 2. The van der Waals surface area contributed by atoms with Gasteiger partial charge in [-0.25, -0.2) is 0 Å². The average Bonchev–Trinajstić information content (AvgIpc) is 2.99. The zero-order chi connectivity index (χ0) is 29.5. The van der Waals surface area contributed by atoms with Gasteiger partial charge in [-0.05, 0) is 97.7 Å².